The summed E-state index contributed by atoms with van der Waals surface area (Å²) in [5, 5.41) is 9.68. The summed E-state index contributed by atoms with van der Waals surface area (Å²) in [7, 11) is 0. The highest BCUT2D eigenvalue weighted by atomic mass is 14.9. The summed E-state index contributed by atoms with van der Waals surface area (Å²) in [6, 6.07) is 14.2. The molecule has 0 saturated heterocycles. The van der Waals surface area contributed by atoms with Crippen LogP contribution in [0.1, 0.15) is 17.1 Å². The van der Waals surface area contributed by atoms with Crippen LogP contribution in [0.25, 0.3) is 11.0 Å². The predicted octanol–water partition coefficient (Wildman–Crippen LogP) is 2.42. The summed E-state index contributed by atoms with van der Waals surface area (Å²) in [5.74, 6) is 0.190. The lowest BCUT2D eigenvalue weighted by molar-refractivity contribution is 1.09. The summed E-state index contributed by atoms with van der Waals surface area (Å²) in [4.78, 5) is 11.3. The minimum atomic E-state index is 0.190. The minimum Gasteiger partial charge on any atom is -0.343 e. The topological polar surface area (TPSA) is 65.4 Å². The molecule has 0 unspecified atom stereocenters. The highest BCUT2D eigenvalue weighted by molar-refractivity contribution is 5.75. The molecule has 0 spiro atoms. The third kappa shape index (κ3) is 1.94. The molecule has 0 saturated carbocycles. The molecule has 18 heavy (non-hydrogen) atoms. The van der Waals surface area contributed by atoms with E-state index in [9.17, 15) is 0 Å². The fraction of sp³-hybridized carbons (Fsp3) is 0.0714. The number of nitriles is 1. The van der Waals surface area contributed by atoms with Gasteiger partial charge in [-0.25, -0.2) is 9.97 Å². The maximum absolute atomic E-state index is 8.75. The van der Waals surface area contributed by atoms with Crippen LogP contribution in [0.2, 0.25) is 0 Å². The Bertz CT molecular complexity index is 722. The van der Waals surface area contributed by atoms with Crippen LogP contribution < -0.4 is 0 Å². The Morgan fingerprint density at radius 3 is 2.83 bits per heavy atom. The van der Waals surface area contributed by atoms with Crippen molar-refractivity contribution in [2.75, 3.05) is 0 Å². The van der Waals surface area contributed by atoms with Crippen molar-refractivity contribution in [1.29, 1.82) is 5.26 Å². The Kier molecular flexibility index (Phi) is 2.50. The maximum Gasteiger partial charge on any atom is 0.234 e. The van der Waals surface area contributed by atoms with Gasteiger partial charge in [0.15, 0.2) is 0 Å². The Hall–Kier alpha value is -2.67. The Balaban J connectivity index is 1.97. The first-order valence-corrected chi connectivity index (χ1v) is 5.64. The van der Waals surface area contributed by atoms with Gasteiger partial charge in [-0.1, -0.05) is 30.3 Å². The average Bonchev–Trinajstić information content (AvgIpc) is 2.80. The molecule has 1 aromatic carbocycles. The lowest BCUT2D eigenvalue weighted by Crippen LogP contribution is -1.89. The number of H-pyrrole nitrogens is 1. The van der Waals surface area contributed by atoms with Gasteiger partial charge >= 0.3 is 0 Å². The molecule has 4 nitrogen and oxygen atoms in total. The minimum absolute atomic E-state index is 0.190. The van der Waals surface area contributed by atoms with Gasteiger partial charge in [-0.05, 0) is 11.6 Å². The van der Waals surface area contributed by atoms with Crippen LogP contribution >= 0.6 is 0 Å². The van der Waals surface area contributed by atoms with Gasteiger partial charge < -0.3 is 4.98 Å². The van der Waals surface area contributed by atoms with Gasteiger partial charge in [-0.2, -0.15) is 5.26 Å². The molecule has 0 amide bonds. The van der Waals surface area contributed by atoms with E-state index >= 15 is 0 Å². The number of hydrogen-bond donors (Lipinski definition) is 1. The van der Waals surface area contributed by atoms with Crippen molar-refractivity contribution < 1.29 is 0 Å². The molecule has 0 aliphatic heterocycles. The van der Waals surface area contributed by atoms with Crippen molar-refractivity contribution in [3.05, 3.63) is 59.7 Å². The van der Waals surface area contributed by atoms with E-state index in [1.54, 1.807) is 6.20 Å². The number of nitrogens with one attached hydrogen (secondary N) is 1. The molecule has 0 bridgehead atoms. The first-order valence-electron chi connectivity index (χ1n) is 5.64. The maximum atomic E-state index is 8.75. The smallest absolute Gasteiger partial charge is 0.234 e. The molecule has 0 radical (unpaired) electrons. The van der Waals surface area contributed by atoms with E-state index in [0.717, 1.165) is 17.5 Å². The molecule has 3 aromatic rings. The summed E-state index contributed by atoms with van der Waals surface area (Å²) in [5.41, 5.74) is 3.02. The fourth-order valence-electron chi connectivity index (χ4n) is 1.94. The molecule has 86 valence electrons. The van der Waals surface area contributed by atoms with E-state index in [4.69, 9.17) is 5.26 Å². The van der Waals surface area contributed by atoms with Crippen molar-refractivity contribution in [1.82, 2.24) is 15.0 Å². The van der Waals surface area contributed by atoms with Gasteiger partial charge in [0.05, 0.1) is 0 Å². The third-order valence-electron chi connectivity index (χ3n) is 2.76. The number of aromatic nitrogens is 3. The Morgan fingerprint density at radius 2 is 2.06 bits per heavy atom. The summed E-state index contributed by atoms with van der Waals surface area (Å²) < 4.78 is 0. The molecular weight excluding hydrogens is 224 g/mol. The zero-order valence-electron chi connectivity index (χ0n) is 9.59. The first kappa shape index (κ1) is 10.5. The van der Waals surface area contributed by atoms with E-state index in [-0.39, 0.29) is 5.82 Å². The second-order valence-corrected chi connectivity index (χ2v) is 4.07. The lowest BCUT2D eigenvalue weighted by Gasteiger charge is -1.97. The number of nitrogens with zero attached hydrogens (tertiary/aromatic N) is 3. The SMILES string of the molecule is N#Cc1ncc2cc(Cc3ccccc3)[nH]c2n1. The standard InChI is InChI=1S/C14H10N4/c15-8-13-16-9-11-7-12(17-14(11)18-13)6-10-4-2-1-3-5-10/h1-5,7,9H,6H2,(H,16,17,18). The van der Waals surface area contributed by atoms with Crippen LogP contribution in [0.4, 0.5) is 0 Å². The number of fused-ring (bicyclic) bond motifs is 1. The molecule has 2 heterocycles. The molecule has 3 rings (SSSR count). The van der Waals surface area contributed by atoms with Crippen molar-refractivity contribution in [3.8, 4) is 6.07 Å². The molecule has 2 aromatic heterocycles. The summed E-state index contributed by atoms with van der Waals surface area (Å²) in [6.45, 7) is 0. The number of hydrogen-bond acceptors (Lipinski definition) is 3. The van der Waals surface area contributed by atoms with E-state index in [2.05, 4.69) is 27.1 Å². The number of rotatable bonds is 2. The molecule has 0 aliphatic carbocycles. The predicted molar refractivity (Wildman–Crippen MR) is 67.9 cm³/mol. The molecule has 0 fully saturated rings. The average molecular weight is 234 g/mol. The highest BCUT2D eigenvalue weighted by Gasteiger charge is 2.04. The van der Waals surface area contributed by atoms with Gasteiger partial charge in [0.25, 0.3) is 0 Å². The van der Waals surface area contributed by atoms with Crippen LogP contribution in [0, 0.1) is 11.3 Å². The second-order valence-electron chi connectivity index (χ2n) is 4.07. The first-order chi connectivity index (χ1) is 8.85. The van der Waals surface area contributed by atoms with Crippen LogP contribution in [0.5, 0.6) is 0 Å². The highest BCUT2D eigenvalue weighted by Crippen LogP contribution is 2.15. The van der Waals surface area contributed by atoms with Crippen LogP contribution in [-0.2, 0) is 6.42 Å². The zero-order chi connectivity index (χ0) is 12.4. The van der Waals surface area contributed by atoms with Crippen LogP contribution in [-0.4, -0.2) is 15.0 Å². The molecule has 4 heteroatoms. The number of aromatic amines is 1. The lowest BCUT2D eigenvalue weighted by atomic mass is 10.1. The van der Waals surface area contributed by atoms with Crippen LogP contribution in [0.15, 0.2) is 42.6 Å². The molecule has 0 atom stereocenters. The van der Waals surface area contributed by atoms with Gasteiger partial charge in [-0.15, -0.1) is 0 Å². The van der Waals surface area contributed by atoms with Crippen LogP contribution in [0.3, 0.4) is 0 Å². The van der Waals surface area contributed by atoms with Gasteiger partial charge in [-0.3, -0.25) is 0 Å². The second kappa shape index (κ2) is 4.30. The molecule has 0 aliphatic rings. The zero-order valence-corrected chi connectivity index (χ0v) is 9.59. The van der Waals surface area contributed by atoms with Gasteiger partial charge in [0, 0.05) is 23.7 Å². The van der Waals surface area contributed by atoms with Crippen molar-refractivity contribution >= 4 is 11.0 Å². The van der Waals surface area contributed by atoms with E-state index < -0.39 is 0 Å². The van der Waals surface area contributed by atoms with Crippen molar-refractivity contribution in [3.63, 3.8) is 0 Å². The third-order valence-corrected chi connectivity index (χ3v) is 2.76. The quantitative estimate of drug-likeness (QED) is 0.740. The van der Waals surface area contributed by atoms with Gasteiger partial charge in [0.2, 0.25) is 5.82 Å². The Morgan fingerprint density at radius 1 is 1.22 bits per heavy atom. The van der Waals surface area contributed by atoms with Crippen molar-refractivity contribution in [2.24, 2.45) is 0 Å². The summed E-state index contributed by atoms with van der Waals surface area (Å²) in [6.07, 6.45) is 2.49. The normalized spacial score (nSPS) is 10.4. The number of benzene rings is 1. The molecule has 1 N–H and O–H groups in total. The Labute approximate surface area is 104 Å². The molecular formula is C14H10N4. The van der Waals surface area contributed by atoms with E-state index in [0.29, 0.717) is 5.65 Å². The van der Waals surface area contributed by atoms with Crippen molar-refractivity contribution in [2.45, 2.75) is 6.42 Å². The monoisotopic (exact) mass is 234 g/mol. The van der Waals surface area contributed by atoms with E-state index in [1.807, 2.05) is 30.3 Å². The fourth-order valence-corrected chi connectivity index (χ4v) is 1.94. The largest absolute Gasteiger partial charge is 0.343 e. The van der Waals surface area contributed by atoms with Gasteiger partial charge in [0.1, 0.15) is 11.7 Å². The van der Waals surface area contributed by atoms with E-state index in [1.165, 1.54) is 5.56 Å². The summed E-state index contributed by atoms with van der Waals surface area (Å²) >= 11 is 0.